The van der Waals surface area contributed by atoms with Gasteiger partial charge < -0.3 is 35.3 Å². The minimum atomic E-state index is -0.518. The lowest BCUT2D eigenvalue weighted by Gasteiger charge is -2.37. The Labute approximate surface area is 210 Å². The van der Waals surface area contributed by atoms with Crippen LogP contribution in [0, 0.1) is 0 Å². The van der Waals surface area contributed by atoms with Gasteiger partial charge in [0.25, 0.3) is 0 Å². The van der Waals surface area contributed by atoms with Crippen molar-refractivity contribution in [3.63, 3.8) is 0 Å². The number of hydrogen-bond donors (Lipinski definition) is 4. The van der Waals surface area contributed by atoms with Crippen LogP contribution in [0.1, 0.15) is 50.0 Å². The van der Waals surface area contributed by atoms with Crippen molar-refractivity contribution in [3.05, 3.63) is 48.0 Å². The third-order valence-electron chi connectivity index (χ3n) is 7.24. The minimum Gasteiger partial charge on any atom is -0.497 e. The summed E-state index contributed by atoms with van der Waals surface area (Å²) in [5, 5.41) is 18.8. The van der Waals surface area contributed by atoms with Gasteiger partial charge in [0, 0.05) is 28.9 Å². The smallest absolute Gasteiger partial charge is 0.323 e. The van der Waals surface area contributed by atoms with E-state index in [9.17, 15) is 14.7 Å². The van der Waals surface area contributed by atoms with Crippen LogP contribution in [0.2, 0.25) is 0 Å². The second-order valence-electron chi connectivity index (χ2n) is 9.72. The van der Waals surface area contributed by atoms with Crippen LogP contribution in [0.4, 0.5) is 16.2 Å². The normalized spacial score (nSPS) is 24.8. The average Bonchev–Trinajstić information content (AvgIpc) is 3.51. The third-order valence-corrected chi connectivity index (χ3v) is 7.24. The zero-order valence-electron chi connectivity index (χ0n) is 20.4. The van der Waals surface area contributed by atoms with Gasteiger partial charge in [-0.1, -0.05) is 12.8 Å². The van der Waals surface area contributed by atoms with Gasteiger partial charge in [-0.3, -0.25) is 4.79 Å². The first-order valence-corrected chi connectivity index (χ1v) is 12.6. The first-order chi connectivity index (χ1) is 17.5. The summed E-state index contributed by atoms with van der Waals surface area (Å²) < 4.78 is 17.3. The first-order valence-electron chi connectivity index (χ1n) is 12.6. The molecule has 0 aromatic heterocycles. The SMILES string of the molecule is COc1ccc(NC(=O)Nc2ccc3c(c2)[C@H]2C[C@H](CC(=O)NC4CCCC4)O[C@@H](CO)[C@H]2O3)cc1. The largest absolute Gasteiger partial charge is 0.497 e. The van der Waals surface area contributed by atoms with Crippen LogP contribution in [-0.2, 0) is 9.53 Å². The summed E-state index contributed by atoms with van der Waals surface area (Å²) in [6, 6.07) is 12.5. The topological polar surface area (TPSA) is 118 Å². The molecule has 1 aliphatic carbocycles. The highest BCUT2D eigenvalue weighted by atomic mass is 16.6. The Kier molecular flexibility index (Phi) is 7.29. The second-order valence-corrected chi connectivity index (χ2v) is 9.72. The van der Waals surface area contributed by atoms with E-state index in [1.165, 1.54) is 0 Å². The standard InChI is InChI=1S/C27H33N3O6/c1-34-19-9-6-17(7-10-19)29-27(33)30-18-8-11-23-21(12-18)22-13-20(35-24(15-31)26(22)36-23)14-25(32)28-16-4-2-3-5-16/h6-12,16,20,22,24,26,31H,2-5,13-15H2,1H3,(H,28,32)(H2,29,30,33)/t20-,22-,24+,26+/m1/s1. The summed E-state index contributed by atoms with van der Waals surface area (Å²) in [4.78, 5) is 25.2. The number of anilines is 2. The fourth-order valence-corrected chi connectivity index (χ4v) is 5.50. The molecule has 1 saturated carbocycles. The summed E-state index contributed by atoms with van der Waals surface area (Å²) >= 11 is 0. The summed E-state index contributed by atoms with van der Waals surface area (Å²) in [6.45, 7) is -0.189. The Bertz CT molecular complexity index is 1090. The van der Waals surface area contributed by atoms with Gasteiger partial charge in [0.1, 0.15) is 23.7 Å². The van der Waals surface area contributed by atoms with E-state index in [1.807, 2.05) is 12.1 Å². The number of nitrogens with one attached hydrogen (secondary N) is 3. The first kappa shape index (κ1) is 24.4. The van der Waals surface area contributed by atoms with E-state index in [4.69, 9.17) is 14.2 Å². The molecule has 192 valence electrons. The molecule has 2 aromatic rings. The van der Waals surface area contributed by atoms with E-state index in [0.717, 1.165) is 31.2 Å². The van der Waals surface area contributed by atoms with Crippen molar-refractivity contribution in [1.82, 2.24) is 5.32 Å². The van der Waals surface area contributed by atoms with Crippen LogP contribution >= 0.6 is 0 Å². The summed E-state index contributed by atoms with van der Waals surface area (Å²) in [7, 11) is 1.59. The Balaban J connectivity index is 1.24. The molecule has 2 aliphatic heterocycles. The number of rotatable bonds is 7. The quantitative estimate of drug-likeness (QED) is 0.464. The van der Waals surface area contributed by atoms with Crippen molar-refractivity contribution in [2.24, 2.45) is 0 Å². The molecule has 9 heteroatoms. The summed E-state index contributed by atoms with van der Waals surface area (Å²) in [6.07, 6.45) is 4.08. The van der Waals surface area contributed by atoms with Crippen LogP contribution in [0.25, 0.3) is 0 Å². The average molecular weight is 496 g/mol. The molecule has 9 nitrogen and oxygen atoms in total. The predicted octanol–water partition coefficient (Wildman–Crippen LogP) is 3.78. The van der Waals surface area contributed by atoms with Crippen LogP contribution in [0.3, 0.4) is 0 Å². The van der Waals surface area contributed by atoms with Gasteiger partial charge in [-0.05, 0) is 61.7 Å². The van der Waals surface area contributed by atoms with Crippen molar-refractivity contribution in [2.75, 3.05) is 24.4 Å². The van der Waals surface area contributed by atoms with Gasteiger partial charge in [-0.25, -0.2) is 4.79 Å². The van der Waals surface area contributed by atoms with Crippen molar-refractivity contribution in [2.45, 2.75) is 68.8 Å². The molecule has 4 N–H and O–H groups in total. The van der Waals surface area contributed by atoms with Gasteiger partial charge in [-0.2, -0.15) is 0 Å². The fourth-order valence-electron chi connectivity index (χ4n) is 5.50. The monoisotopic (exact) mass is 495 g/mol. The van der Waals surface area contributed by atoms with Crippen molar-refractivity contribution in [3.8, 4) is 11.5 Å². The maximum Gasteiger partial charge on any atom is 0.323 e. The van der Waals surface area contributed by atoms with Gasteiger partial charge in [0.15, 0.2) is 0 Å². The molecule has 0 spiro atoms. The maximum absolute atomic E-state index is 12.6. The number of ether oxygens (including phenoxy) is 3. The number of fused-ring (bicyclic) bond motifs is 3. The van der Waals surface area contributed by atoms with E-state index in [1.54, 1.807) is 37.4 Å². The highest BCUT2D eigenvalue weighted by Crippen LogP contribution is 2.47. The number of aliphatic hydroxyl groups excluding tert-OH is 1. The van der Waals surface area contributed by atoms with Gasteiger partial charge in [-0.15, -0.1) is 0 Å². The summed E-state index contributed by atoms with van der Waals surface area (Å²) in [5.74, 6) is 1.37. The molecule has 5 rings (SSSR count). The molecule has 0 unspecified atom stereocenters. The van der Waals surface area contributed by atoms with E-state index in [2.05, 4.69) is 16.0 Å². The molecule has 3 aliphatic rings. The molecule has 0 radical (unpaired) electrons. The molecule has 3 amide bonds. The molecule has 2 aromatic carbocycles. The number of urea groups is 1. The van der Waals surface area contributed by atoms with Crippen LogP contribution in [-0.4, -0.2) is 55.1 Å². The van der Waals surface area contributed by atoms with Crippen molar-refractivity contribution in [1.29, 1.82) is 0 Å². The summed E-state index contributed by atoms with van der Waals surface area (Å²) in [5.41, 5.74) is 2.23. The number of carbonyl (C=O) groups excluding carboxylic acids is 2. The van der Waals surface area contributed by atoms with E-state index < -0.39 is 6.10 Å². The molecule has 36 heavy (non-hydrogen) atoms. The van der Waals surface area contributed by atoms with Crippen molar-refractivity contribution < 1.29 is 28.9 Å². The molecule has 2 fully saturated rings. The molecular formula is C27H33N3O6. The Hall–Kier alpha value is -3.30. The third kappa shape index (κ3) is 5.42. The van der Waals surface area contributed by atoms with Gasteiger partial charge in [0.05, 0.1) is 26.2 Å². The Morgan fingerprint density at radius 2 is 1.78 bits per heavy atom. The van der Waals surface area contributed by atoms with E-state index in [0.29, 0.717) is 29.3 Å². The number of aliphatic hydroxyl groups is 1. The van der Waals surface area contributed by atoms with Crippen LogP contribution in [0.15, 0.2) is 42.5 Å². The Morgan fingerprint density at radius 1 is 1.06 bits per heavy atom. The lowest BCUT2D eigenvalue weighted by atomic mass is 9.84. The number of methoxy groups -OCH3 is 1. The van der Waals surface area contributed by atoms with E-state index in [-0.39, 0.29) is 49.1 Å². The zero-order chi connectivity index (χ0) is 25.1. The molecule has 4 atom stereocenters. The van der Waals surface area contributed by atoms with Crippen LogP contribution < -0.4 is 25.4 Å². The molecule has 2 heterocycles. The maximum atomic E-state index is 12.6. The highest BCUT2D eigenvalue weighted by molar-refractivity contribution is 5.99. The van der Waals surface area contributed by atoms with Crippen LogP contribution in [0.5, 0.6) is 11.5 Å². The number of benzene rings is 2. The molecule has 0 bridgehead atoms. The Morgan fingerprint density at radius 3 is 2.50 bits per heavy atom. The number of carbonyl (C=O) groups is 2. The van der Waals surface area contributed by atoms with Crippen molar-refractivity contribution >= 4 is 23.3 Å². The second kappa shape index (κ2) is 10.8. The fraction of sp³-hybridized carbons (Fsp3) is 0.481. The van der Waals surface area contributed by atoms with E-state index >= 15 is 0 Å². The molecular weight excluding hydrogens is 462 g/mol. The lowest BCUT2D eigenvalue weighted by Crippen LogP contribution is -2.47. The zero-order valence-corrected chi connectivity index (χ0v) is 20.4. The minimum absolute atomic E-state index is 0.00759. The number of hydrogen-bond acceptors (Lipinski definition) is 6. The van der Waals surface area contributed by atoms with Gasteiger partial charge in [0.2, 0.25) is 5.91 Å². The predicted molar refractivity (Wildman–Crippen MR) is 135 cm³/mol. The lowest BCUT2D eigenvalue weighted by molar-refractivity contribution is -0.142. The highest BCUT2D eigenvalue weighted by Gasteiger charge is 2.46. The molecule has 1 saturated heterocycles. The van der Waals surface area contributed by atoms with Gasteiger partial charge >= 0.3 is 6.03 Å². The number of amides is 3.